The van der Waals surface area contributed by atoms with E-state index in [0.29, 0.717) is 16.5 Å². The average molecular weight is 355 g/mol. The lowest BCUT2D eigenvalue weighted by molar-refractivity contribution is -0.116. The molecule has 2 aromatic rings. The van der Waals surface area contributed by atoms with E-state index in [2.05, 4.69) is 10.6 Å². The van der Waals surface area contributed by atoms with Crippen molar-refractivity contribution in [3.63, 3.8) is 0 Å². The molecule has 0 fully saturated rings. The number of nitrogens with one attached hydrogen (secondary N) is 2. The van der Waals surface area contributed by atoms with Gasteiger partial charge in [0.2, 0.25) is 5.91 Å². The number of ether oxygens (including phenoxy) is 1. The smallest absolute Gasteiger partial charge is 0.226 e. The first-order valence-electron chi connectivity index (χ1n) is 7.24. The fraction of sp³-hybridized carbons (Fsp3) is 0.235. The summed E-state index contributed by atoms with van der Waals surface area (Å²) in [6, 6.07) is 6.87. The summed E-state index contributed by atoms with van der Waals surface area (Å²) in [5.41, 5.74) is 1.10. The Kier molecular flexibility index (Phi) is 5.98. The number of hydrogen-bond donors (Lipinski definition) is 2. The van der Waals surface area contributed by atoms with Gasteiger partial charge in [0.05, 0.1) is 12.8 Å². The highest BCUT2D eigenvalue weighted by molar-refractivity contribution is 6.31. The van der Waals surface area contributed by atoms with E-state index in [1.165, 1.54) is 13.2 Å². The second-order valence-electron chi connectivity index (χ2n) is 5.12. The molecule has 0 aliphatic carbocycles. The number of aryl methyl sites for hydroxylation is 1. The summed E-state index contributed by atoms with van der Waals surface area (Å²) < 4.78 is 32.2. The third-order valence-electron chi connectivity index (χ3n) is 3.38. The fourth-order valence-electron chi connectivity index (χ4n) is 2.10. The van der Waals surface area contributed by atoms with Crippen molar-refractivity contribution in [3.8, 4) is 5.75 Å². The van der Waals surface area contributed by atoms with Crippen LogP contribution in [0.15, 0.2) is 30.3 Å². The molecule has 0 radical (unpaired) electrons. The number of hydrogen-bond acceptors (Lipinski definition) is 3. The largest absolute Gasteiger partial charge is 0.495 e. The van der Waals surface area contributed by atoms with Crippen molar-refractivity contribution in [3.05, 3.63) is 52.6 Å². The van der Waals surface area contributed by atoms with Gasteiger partial charge in [0.25, 0.3) is 0 Å². The fourth-order valence-corrected chi connectivity index (χ4v) is 2.25. The first-order valence-corrected chi connectivity index (χ1v) is 7.62. The molecule has 0 saturated carbocycles. The summed E-state index contributed by atoms with van der Waals surface area (Å²) in [4.78, 5) is 11.8. The van der Waals surface area contributed by atoms with E-state index in [1.807, 2.05) is 6.92 Å². The molecule has 0 aliphatic heterocycles. The van der Waals surface area contributed by atoms with Crippen LogP contribution in [0.5, 0.6) is 5.75 Å². The van der Waals surface area contributed by atoms with Crippen molar-refractivity contribution >= 4 is 28.9 Å². The Morgan fingerprint density at radius 2 is 1.92 bits per heavy atom. The van der Waals surface area contributed by atoms with Crippen LogP contribution >= 0.6 is 11.6 Å². The molecular weight excluding hydrogens is 338 g/mol. The normalized spacial score (nSPS) is 10.4. The van der Waals surface area contributed by atoms with Crippen molar-refractivity contribution in [1.82, 2.24) is 0 Å². The van der Waals surface area contributed by atoms with Crippen LogP contribution in [-0.4, -0.2) is 19.6 Å². The van der Waals surface area contributed by atoms with Crippen LogP contribution in [-0.2, 0) is 4.79 Å². The van der Waals surface area contributed by atoms with Crippen LogP contribution in [0.2, 0.25) is 5.02 Å². The van der Waals surface area contributed by atoms with Crippen LogP contribution in [0.4, 0.5) is 20.2 Å². The standard InChI is InChI=1S/C17H17ClF2N2O2/c1-10-8-14(15(24-2)9-11(10)18)21-7-6-16(23)22-17-12(19)4-3-5-13(17)20/h3-5,8-9,21H,6-7H2,1-2H3,(H,22,23). The second kappa shape index (κ2) is 7.97. The molecule has 2 N–H and O–H groups in total. The zero-order valence-corrected chi connectivity index (χ0v) is 14.0. The third-order valence-corrected chi connectivity index (χ3v) is 3.78. The van der Waals surface area contributed by atoms with E-state index in [-0.39, 0.29) is 13.0 Å². The number of benzene rings is 2. The van der Waals surface area contributed by atoms with Crippen molar-refractivity contribution in [2.75, 3.05) is 24.3 Å². The van der Waals surface area contributed by atoms with Crippen LogP contribution in [0, 0.1) is 18.6 Å². The summed E-state index contributed by atoms with van der Waals surface area (Å²) in [6.07, 6.45) is 0.0264. The average Bonchev–Trinajstić information content (AvgIpc) is 2.54. The molecule has 0 heterocycles. The van der Waals surface area contributed by atoms with Crippen molar-refractivity contribution in [1.29, 1.82) is 0 Å². The predicted octanol–water partition coefficient (Wildman–Crippen LogP) is 4.38. The summed E-state index contributed by atoms with van der Waals surface area (Å²) in [7, 11) is 1.51. The van der Waals surface area contributed by atoms with E-state index >= 15 is 0 Å². The van der Waals surface area contributed by atoms with Crippen molar-refractivity contribution in [2.45, 2.75) is 13.3 Å². The van der Waals surface area contributed by atoms with Gasteiger partial charge < -0.3 is 15.4 Å². The highest BCUT2D eigenvalue weighted by Crippen LogP contribution is 2.30. The zero-order chi connectivity index (χ0) is 17.7. The zero-order valence-electron chi connectivity index (χ0n) is 13.3. The molecule has 4 nitrogen and oxygen atoms in total. The molecule has 0 saturated heterocycles. The quantitative estimate of drug-likeness (QED) is 0.809. The maximum Gasteiger partial charge on any atom is 0.226 e. The molecule has 7 heteroatoms. The number of methoxy groups -OCH3 is 1. The number of para-hydroxylation sites is 1. The predicted molar refractivity (Wildman–Crippen MR) is 90.8 cm³/mol. The number of halogens is 3. The van der Waals surface area contributed by atoms with Gasteiger partial charge in [-0.2, -0.15) is 0 Å². The van der Waals surface area contributed by atoms with Gasteiger partial charge in [0.15, 0.2) is 0 Å². The van der Waals surface area contributed by atoms with Gasteiger partial charge in [-0.3, -0.25) is 4.79 Å². The summed E-state index contributed by atoms with van der Waals surface area (Å²) in [6.45, 7) is 2.11. The minimum Gasteiger partial charge on any atom is -0.495 e. The van der Waals surface area contributed by atoms with Crippen molar-refractivity contribution in [2.24, 2.45) is 0 Å². The van der Waals surface area contributed by atoms with Crippen LogP contribution < -0.4 is 15.4 Å². The lowest BCUT2D eigenvalue weighted by Gasteiger charge is -2.13. The lowest BCUT2D eigenvalue weighted by atomic mass is 10.2. The number of carbonyl (C=O) groups is 1. The van der Waals surface area contributed by atoms with E-state index < -0.39 is 23.2 Å². The number of anilines is 2. The van der Waals surface area contributed by atoms with E-state index in [1.54, 1.807) is 12.1 Å². The van der Waals surface area contributed by atoms with Crippen LogP contribution in [0.25, 0.3) is 0 Å². The second-order valence-corrected chi connectivity index (χ2v) is 5.53. The Hall–Kier alpha value is -2.34. The molecule has 24 heavy (non-hydrogen) atoms. The molecular formula is C17H17ClF2N2O2. The summed E-state index contributed by atoms with van der Waals surface area (Å²) in [5.74, 6) is -1.58. The highest BCUT2D eigenvalue weighted by Gasteiger charge is 2.12. The molecule has 0 bridgehead atoms. The van der Waals surface area contributed by atoms with Gasteiger partial charge in [-0.15, -0.1) is 0 Å². The van der Waals surface area contributed by atoms with Gasteiger partial charge in [-0.25, -0.2) is 8.78 Å². The Bertz CT molecular complexity index is 733. The molecule has 128 valence electrons. The highest BCUT2D eigenvalue weighted by atomic mass is 35.5. The Balaban J connectivity index is 1.95. The molecule has 0 aromatic heterocycles. The molecule has 0 aliphatic rings. The SMILES string of the molecule is COc1cc(Cl)c(C)cc1NCCC(=O)Nc1c(F)cccc1F. The lowest BCUT2D eigenvalue weighted by Crippen LogP contribution is -2.18. The molecule has 1 amide bonds. The number of carbonyl (C=O) groups excluding carboxylic acids is 1. The monoisotopic (exact) mass is 354 g/mol. The Morgan fingerprint density at radius 3 is 2.54 bits per heavy atom. The van der Waals surface area contributed by atoms with Gasteiger partial charge in [0, 0.05) is 24.1 Å². The molecule has 0 spiro atoms. The summed E-state index contributed by atoms with van der Waals surface area (Å²) >= 11 is 6.03. The van der Waals surface area contributed by atoms with Crippen LogP contribution in [0.1, 0.15) is 12.0 Å². The summed E-state index contributed by atoms with van der Waals surface area (Å²) in [5, 5.41) is 5.85. The molecule has 2 aromatic carbocycles. The Morgan fingerprint density at radius 1 is 1.25 bits per heavy atom. The maximum absolute atomic E-state index is 13.5. The van der Waals surface area contributed by atoms with Gasteiger partial charge in [0.1, 0.15) is 23.1 Å². The van der Waals surface area contributed by atoms with E-state index in [4.69, 9.17) is 16.3 Å². The van der Waals surface area contributed by atoms with Gasteiger partial charge >= 0.3 is 0 Å². The number of amides is 1. The minimum atomic E-state index is -0.814. The number of rotatable bonds is 6. The van der Waals surface area contributed by atoms with Crippen molar-refractivity contribution < 1.29 is 18.3 Å². The minimum absolute atomic E-state index is 0.0264. The molecule has 0 atom stereocenters. The van der Waals surface area contributed by atoms with Crippen LogP contribution in [0.3, 0.4) is 0 Å². The van der Waals surface area contributed by atoms with E-state index in [0.717, 1.165) is 17.7 Å². The van der Waals surface area contributed by atoms with E-state index in [9.17, 15) is 13.6 Å². The Labute approximate surface area is 143 Å². The molecule has 0 unspecified atom stereocenters. The molecule has 2 rings (SSSR count). The first-order chi connectivity index (χ1) is 11.4. The maximum atomic E-state index is 13.5. The first kappa shape index (κ1) is 18.0. The third kappa shape index (κ3) is 4.35. The van der Waals surface area contributed by atoms with Gasteiger partial charge in [-0.1, -0.05) is 17.7 Å². The topological polar surface area (TPSA) is 50.4 Å². The van der Waals surface area contributed by atoms with Gasteiger partial charge in [-0.05, 0) is 30.7 Å².